The molecule has 0 aliphatic carbocycles. The number of aliphatic carboxylic acids is 3. The van der Waals surface area contributed by atoms with Crippen molar-refractivity contribution in [2.24, 2.45) is 0 Å². The van der Waals surface area contributed by atoms with Gasteiger partial charge in [0.2, 0.25) is 0 Å². The topological polar surface area (TPSA) is 135 Å². The molecule has 0 amide bonds. The van der Waals surface area contributed by atoms with Crippen molar-refractivity contribution < 1.29 is 34.8 Å². The fourth-order valence-electron chi connectivity index (χ4n) is 1.11. The molecule has 0 aliphatic rings. The zero-order valence-electron chi connectivity index (χ0n) is 8.37. The van der Waals surface area contributed by atoms with Crippen molar-refractivity contribution in [3.05, 3.63) is 0 Å². The normalized spacial score (nSPS) is 12.4. The van der Waals surface area contributed by atoms with E-state index in [0.717, 1.165) is 4.90 Å². The number of carboxylic acids is 3. The van der Waals surface area contributed by atoms with Gasteiger partial charge in [0.15, 0.2) is 0 Å². The van der Waals surface area contributed by atoms with Gasteiger partial charge in [-0.3, -0.25) is 19.3 Å². The van der Waals surface area contributed by atoms with Gasteiger partial charge in [0.05, 0.1) is 19.6 Å². The lowest BCUT2D eigenvalue weighted by Gasteiger charge is -2.24. The van der Waals surface area contributed by atoms with Crippen molar-refractivity contribution in [2.75, 3.05) is 19.7 Å². The Morgan fingerprint density at radius 1 is 1.06 bits per heavy atom. The zero-order chi connectivity index (χ0) is 12.7. The molecule has 0 spiro atoms. The molecule has 92 valence electrons. The maximum Gasteiger partial charge on any atom is 0.323 e. The highest BCUT2D eigenvalue weighted by molar-refractivity contribution is 5.76. The summed E-state index contributed by atoms with van der Waals surface area (Å²) >= 11 is 0. The minimum absolute atomic E-state index is 0.251. The largest absolute Gasteiger partial charge is 0.481 e. The Morgan fingerprint density at radius 3 is 1.94 bits per heavy atom. The minimum Gasteiger partial charge on any atom is -0.481 e. The van der Waals surface area contributed by atoms with E-state index in [0.29, 0.717) is 0 Å². The van der Waals surface area contributed by atoms with Gasteiger partial charge in [0.1, 0.15) is 6.04 Å². The monoisotopic (exact) mass is 235 g/mol. The van der Waals surface area contributed by atoms with E-state index in [1.54, 1.807) is 0 Å². The van der Waals surface area contributed by atoms with Crippen LogP contribution in [0.3, 0.4) is 0 Å². The summed E-state index contributed by atoms with van der Waals surface area (Å²) in [5.41, 5.74) is 0. The Kier molecular flexibility index (Phi) is 6.04. The van der Waals surface area contributed by atoms with E-state index in [-0.39, 0.29) is 6.54 Å². The van der Waals surface area contributed by atoms with Gasteiger partial charge >= 0.3 is 17.9 Å². The molecule has 8 heteroatoms. The second-order valence-corrected chi connectivity index (χ2v) is 3.04. The molecule has 1 atom stereocenters. The lowest BCUT2D eigenvalue weighted by molar-refractivity contribution is -0.149. The molecule has 0 saturated carbocycles. The van der Waals surface area contributed by atoms with E-state index in [1.807, 2.05) is 0 Å². The Balaban J connectivity index is 4.55. The van der Waals surface area contributed by atoms with Crippen LogP contribution >= 0.6 is 0 Å². The first-order valence-corrected chi connectivity index (χ1v) is 4.39. The zero-order valence-corrected chi connectivity index (χ0v) is 8.37. The molecule has 0 aromatic carbocycles. The Labute approximate surface area is 90.7 Å². The molecule has 0 heterocycles. The van der Waals surface area contributed by atoms with E-state index in [2.05, 4.69) is 0 Å². The molecule has 0 aromatic heterocycles. The molecular formula is C8H13NO7. The lowest BCUT2D eigenvalue weighted by Crippen LogP contribution is -2.47. The van der Waals surface area contributed by atoms with Crippen molar-refractivity contribution in [3.8, 4) is 0 Å². The number of hydrogen-bond donors (Lipinski definition) is 4. The number of rotatable bonds is 8. The van der Waals surface area contributed by atoms with Crippen molar-refractivity contribution in [3.63, 3.8) is 0 Å². The summed E-state index contributed by atoms with van der Waals surface area (Å²) in [5.74, 6) is -3.85. The maximum atomic E-state index is 10.7. The van der Waals surface area contributed by atoms with Crippen molar-refractivity contribution in [2.45, 2.75) is 12.5 Å². The van der Waals surface area contributed by atoms with Crippen LogP contribution in [0, 0.1) is 0 Å². The third kappa shape index (κ3) is 5.27. The molecule has 16 heavy (non-hydrogen) atoms. The molecule has 0 aromatic rings. The molecule has 0 fully saturated rings. The van der Waals surface area contributed by atoms with Crippen LogP contribution in [0.2, 0.25) is 0 Å². The summed E-state index contributed by atoms with van der Waals surface area (Å²) in [7, 11) is 0. The highest BCUT2D eigenvalue weighted by Gasteiger charge is 2.26. The molecule has 0 bridgehead atoms. The summed E-state index contributed by atoms with van der Waals surface area (Å²) in [5, 5.41) is 34.4. The van der Waals surface area contributed by atoms with E-state index in [9.17, 15) is 14.4 Å². The summed E-state index contributed by atoms with van der Waals surface area (Å²) in [6, 6.07) is -1.41. The molecule has 0 rings (SSSR count). The number of aliphatic hydroxyl groups is 1. The van der Waals surface area contributed by atoms with Crippen LogP contribution in [0.15, 0.2) is 0 Å². The molecule has 0 unspecified atom stereocenters. The van der Waals surface area contributed by atoms with Gasteiger partial charge in [-0.05, 0) is 0 Å². The predicted octanol–water partition coefficient (Wildman–Crippen LogP) is -1.71. The summed E-state index contributed by atoms with van der Waals surface area (Å²) < 4.78 is 0. The SMILES string of the molecule is O=C(O)CCN(CC(=O)O)[C@@H](CO)C(=O)O. The van der Waals surface area contributed by atoms with Gasteiger partial charge in [-0.15, -0.1) is 0 Å². The van der Waals surface area contributed by atoms with Crippen LogP contribution in [-0.2, 0) is 14.4 Å². The van der Waals surface area contributed by atoms with Crippen LogP contribution in [0.25, 0.3) is 0 Å². The van der Waals surface area contributed by atoms with E-state index >= 15 is 0 Å². The highest BCUT2D eigenvalue weighted by atomic mass is 16.4. The first-order chi connectivity index (χ1) is 7.38. The van der Waals surface area contributed by atoms with Crippen LogP contribution in [0.1, 0.15) is 6.42 Å². The van der Waals surface area contributed by atoms with Crippen LogP contribution in [0.5, 0.6) is 0 Å². The van der Waals surface area contributed by atoms with E-state index < -0.39 is 43.5 Å². The quantitative estimate of drug-likeness (QED) is 0.390. The van der Waals surface area contributed by atoms with E-state index in [4.69, 9.17) is 20.4 Å². The summed E-state index contributed by atoms with van der Waals surface area (Å²) in [6.45, 7) is -1.66. The minimum atomic E-state index is -1.41. The lowest BCUT2D eigenvalue weighted by atomic mass is 10.2. The van der Waals surface area contributed by atoms with Gasteiger partial charge in [0.25, 0.3) is 0 Å². The number of carbonyl (C=O) groups is 3. The highest BCUT2D eigenvalue weighted by Crippen LogP contribution is 2.01. The Bertz CT molecular complexity index is 278. The first kappa shape index (κ1) is 14.3. The molecule has 4 N–H and O–H groups in total. The van der Waals surface area contributed by atoms with Crippen LogP contribution in [0.4, 0.5) is 0 Å². The molecule has 0 saturated heterocycles. The molecule has 0 radical (unpaired) electrons. The fraction of sp³-hybridized carbons (Fsp3) is 0.625. The Morgan fingerprint density at radius 2 is 1.62 bits per heavy atom. The number of aliphatic hydroxyl groups excluding tert-OH is 1. The number of carboxylic acid groups (broad SMARTS) is 3. The number of hydrogen-bond acceptors (Lipinski definition) is 5. The third-order valence-corrected chi connectivity index (χ3v) is 1.85. The van der Waals surface area contributed by atoms with Gasteiger partial charge in [-0.1, -0.05) is 0 Å². The Hall–Kier alpha value is -1.67. The van der Waals surface area contributed by atoms with Gasteiger partial charge in [-0.2, -0.15) is 0 Å². The summed E-state index contributed by atoms with van der Waals surface area (Å²) in [6.07, 6.45) is -0.392. The average Bonchev–Trinajstić information content (AvgIpc) is 2.13. The van der Waals surface area contributed by atoms with Crippen LogP contribution in [-0.4, -0.2) is 69.0 Å². The van der Waals surface area contributed by atoms with Crippen LogP contribution < -0.4 is 0 Å². The second-order valence-electron chi connectivity index (χ2n) is 3.04. The predicted molar refractivity (Wildman–Crippen MR) is 50.0 cm³/mol. The smallest absolute Gasteiger partial charge is 0.323 e. The van der Waals surface area contributed by atoms with Crippen molar-refractivity contribution in [1.29, 1.82) is 0 Å². The molecular weight excluding hydrogens is 222 g/mol. The molecule has 8 nitrogen and oxygen atoms in total. The fourth-order valence-corrected chi connectivity index (χ4v) is 1.11. The van der Waals surface area contributed by atoms with Gasteiger partial charge < -0.3 is 20.4 Å². The number of nitrogens with zero attached hydrogens (tertiary/aromatic N) is 1. The summed E-state index contributed by atoms with van der Waals surface area (Å²) in [4.78, 5) is 32.3. The van der Waals surface area contributed by atoms with Gasteiger partial charge in [-0.25, -0.2) is 0 Å². The van der Waals surface area contributed by atoms with Crippen molar-refractivity contribution in [1.82, 2.24) is 4.90 Å². The molecule has 0 aliphatic heterocycles. The van der Waals surface area contributed by atoms with Gasteiger partial charge in [0, 0.05) is 6.54 Å². The average molecular weight is 235 g/mol. The van der Waals surface area contributed by atoms with E-state index in [1.165, 1.54) is 0 Å². The maximum absolute atomic E-state index is 10.7. The van der Waals surface area contributed by atoms with Crippen molar-refractivity contribution >= 4 is 17.9 Å². The standard InChI is InChI=1S/C8H13NO7/c10-4-5(8(15)16)9(3-7(13)14)2-1-6(11)12/h5,10H,1-4H2,(H,11,12)(H,13,14)(H,15,16)/t5-/m0/s1. The third-order valence-electron chi connectivity index (χ3n) is 1.85. The second kappa shape index (κ2) is 6.75. The first-order valence-electron chi connectivity index (χ1n) is 4.39.